The molecule has 0 aromatic rings. The number of unbranched alkanes of at least 4 members (excludes halogenated alkanes) is 27. The Balaban J connectivity index is 4.38. The second kappa shape index (κ2) is 54.5. The van der Waals surface area contributed by atoms with E-state index in [0.717, 1.165) is 89.9 Å². The average molecular weight is 921 g/mol. The first-order valence-corrected chi connectivity index (χ1v) is 27.9. The van der Waals surface area contributed by atoms with Crippen LogP contribution in [0.5, 0.6) is 0 Å². The molecule has 0 bridgehead atoms. The number of carbonyl (C=O) groups is 3. The molecular weight excluding hydrogens is 817 g/mol. The van der Waals surface area contributed by atoms with Crippen molar-refractivity contribution in [1.29, 1.82) is 0 Å². The van der Waals surface area contributed by atoms with E-state index in [0.29, 0.717) is 19.3 Å². The Hall–Kier alpha value is -3.15. The molecule has 0 aliphatic carbocycles. The smallest absolute Gasteiger partial charge is 0.306 e. The minimum Gasteiger partial charge on any atom is -0.462 e. The van der Waals surface area contributed by atoms with Gasteiger partial charge in [-0.1, -0.05) is 248 Å². The van der Waals surface area contributed by atoms with Crippen LogP contribution in [0.2, 0.25) is 0 Å². The molecule has 0 heterocycles. The standard InChI is InChI=1S/C60H104O6/c1-4-7-10-13-16-19-22-24-26-28-29-30-32-33-35-38-41-44-47-50-53-59(62)65-56-57(55-64-58(61)52-49-46-43-40-37-21-18-15-12-9-6-3)66-60(63)54-51-48-45-42-39-36-34-31-27-25-23-20-17-14-11-8-5-2/h8,11,15,17-18,20,25,27,34,36,42,45,57H,4-7,9-10,12-14,16,19,21-24,26,28-33,35,37-41,43-44,46-56H2,1-3H3/b11-8-,18-15-,20-17-,27-25-,36-34-,45-42-. The fourth-order valence-corrected chi connectivity index (χ4v) is 7.75. The lowest BCUT2D eigenvalue weighted by Gasteiger charge is -2.18. The molecule has 0 N–H and O–H groups in total. The first kappa shape index (κ1) is 62.8. The van der Waals surface area contributed by atoms with Crippen LogP contribution in [0.4, 0.5) is 0 Å². The lowest BCUT2D eigenvalue weighted by molar-refractivity contribution is -0.167. The Morgan fingerprint density at radius 2 is 0.621 bits per heavy atom. The number of allylic oxidation sites excluding steroid dienone is 12. The third-order valence-corrected chi connectivity index (χ3v) is 11.9. The fourth-order valence-electron chi connectivity index (χ4n) is 7.75. The molecule has 0 aromatic heterocycles. The Morgan fingerprint density at radius 1 is 0.318 bits per heavy atom. The normalized spacial score (nSPS) is 12.6. The van der Waals surface area contributed by atoms with Gasteiger partial charge in [-0.05, 0) is 77.0 Å². The van der Waals surface area contributed by atoms with E-state index >= 15 is 0 Å². The third kappa shape index (κ3) is 51.8. The topological polar surface area (TPSA) is 78.9 Å². The zero-order valence-electron chi connectivity index (χ0n) is 43.4. The maximum atomic E-state index is 12.8. The maximum Gasteiger partial charge on any atom is 0.306 e. The number of carbonyl (C=O) groups excluding carboxylic acids is 3. The molecule has 0 spiro atoms. The van der Waals surface area contributed by atoms with Crippen molar-refractivity contribution < 1.29 is 28.6 Å². The van der Waals surface area contributed by atoms with Crippen LogP contribution in [0, 0.1) is 0 Å². The summed E-state index contributed by atoms with van der Waals surface area (Å²) >= 11 is 0. The summed E-state index contributed by atoms with van der Waals surface area (Å²) in [6, 6.07) is 0. The lowest BCUT2D eigenvalue weighted by atomic mass is 10.0. The van der Waals surface area contributed by atoms with Crippen LogP contribution in [-0.4, -0.2) is 37.2 Å². The number of ether oxygens (including phenoxy) is 3. The van der Waals surface area contributed by atoms with Gasteiger partial charge in [0, 0.05) is 19.3 Å². The SMILES string of the molecule is CC/C=C\C/C=C\C/C=C\C/C=C\C/C=C\CCCC(=O)OC(COC(=O)CCCCCCC/C=C\CCCC)COC(=O)CCCCCCCCCCCCCCCCCCCCCC. The molecule has 0 aliphatic rings. The minimum absolute atomic E-state index is 0.0985. The Labute approximate surface area is 408 Å². The molecule has 0 amide bonds. The summed E-state index contributed by atoms with van der Waals surface area (Å²) in [6.07, 6.45) is 69.0. The largest absolute Gasteiger partial charge is 0.462 e. The predicted molar refractivity (Wildman–Crippen MR) is 284 cm³/mol. The van der Waals surface area contributed by atoms with E-state index in [9.17, 15) is 14.4 Å². The lowest BCUT2D eigenvalue weighted by Crippen LogP contribution is -2.30. The van der Waals surface area contributed by atoms with Crippen molar-refractivity contribution in [3.05, 3.63) is 72.9 Å². The Morgan fingerprint density at radius 3 is 1.03 bits per heavy atom. The summed E-state index contributed by atoms with van der Waals surface area (Å²) in [6.45, 7) is 6.45. The molecule has 0 aromatic carbocycles. The van der Waals surface area contributed by atoms with Gasteiger partial charge in [-0.2, -0.15) is 0 Å². The highest BCUT2D eigenvalue weighted by atomic mass is 16.6. The monoisotopic (exact) mass is 921 g/mol. The van der Waals surface area contributed by atoms with E-state index in [2.05, 4.69) is 93.7 Å². The van der Waals surface area contributed by atoms with Gasteiger partial charge in [0.1, 0.15) is 13.2 Å². The van der Waals surface area contributed by atoms with E-state index < -0.39 is 6.10 Å². The van der Waals surface area contributed by atoms with E-state index in [4.69, 9.17) is 14.2 Å². The molecule has 0 saturated carbocycles. The summed E-state index contributed by atoms with van der Waals surface area (Å²) < 4.78 is 16.8. The summed E-state index contributed by atoms with van der Waals surface area (Å²) in [4.78, 5) is 38.0. The molecule has 1 unspecified atom stereocenters. The van der Waals surface area contributed by atoms with Crippen molar-refractivity contribution in [3.8, 4) is 0 Å². The van der Waals surface area contributed by atoms with Gasteiger partial charge in [0.05, 0.1) is 0 Å². The summed E-state index contributed by atoms with van der Waals surface area (Å²) in [5.74, 6) is -0.961. The molecule has 0 aliphatic heterocycles. The second-order valence-corrected chi connectivity index (χ2v) is 18.5. The first-order valence-electron chi connectivity index (χ1n) is 27.9. The predicted octanol–water partition coefficient (Wildman–Crippen LogP) is 18.6. The fraction of sp³-hybridized carbons (Fsp3) is 0.750. The van der Waals surface area contributed by atoms with Crippen molar-refractivity contribution in [2.24, 2.45) is 0 Å². The molecule has 0 saturated heterocycles. The van der Waals surface area contributed by atoms with E-state index in [1.165, 1.54) is 135 Å². The van der Waals surface area contributed by atoms with Gasteiger partial charge in [0.25, 0.3) is 0 Å². The summed E-state index contributed by atoms with van der Waals surface area (Å²) in [5, 5.41) is 0. The van der Waals surface area contributed by atoms with Crippen LogP contribution >= 0.6 is 0 Å². The molecule has 380 valence electrons. The van der Waals surface area contributed by atoms with Crippen LogP contribution < -0.4 is 0 Å². The van der Waals surface area contributed by atoms with Gasteiger partial charge in [0.2, 0.25) is 0 Å². The van der Waals surface area contributed by atoms with Crippen LogP contribution in [-0.2, 0) is 28.6 Å². The van der Waals surface area contributed by atoms with Crippen molar-refractivity contribution in [1.82, 2.24) is 0 Å². The number of rotatable bonds is 50. The van der Waals surface area contributed by atoms with E-state index in [1.807, 2.05) is 0 Å². The van der Waals surface area contributed by atoms with E-state index in [-0.39, 0.29) is 37.5 Å². The molecular formula is C60H104O6. The zero-order valence-corrected chi connectivity index (χ0v) is 43.4. The van der Waals surface area contributed by atoms with Gasteiger partial charge in [-0.25, -0.2) is 0 Å². The van der Waals surface area contributed by atoms with Gasteiger partial charge < -0.3 is 14.2 Å². The molecule has 6 heteroatoms. The number of hydrogen-bond acceptors (Lipinski definition) is 6. The number of hydrogen-bond donors (Lipinski definition) is 0. The second-order valence-electron chi connectivity index (χ2n) is 18.5. The first-order chi connectivity index (χ1) is 32.5. The van der Waals surface area contributed by atoms with Crippen LogP contribution in [0.25, 0.3) is 0 Å². The average Bonchev–Trinajstić information content (AvgIpc) is 3.31. The van der Waals surface area contributed by atoms with Gasteiger partial charge in [-0.15, -0.1) is 0 Å². The highest BCUT2D eigenvalue weighted by Crippen LogP contribution is 2.16. The highest BCUT2D eigenvalue weighted by molar-refractivity contribution is 5.71. The van der Waals surface area contributed by atoms with Crippen LogP contribution in [0.3, 0.4) is 0 Å². The quantitative estimate of drug-likeness (QED) is 0.0262. The summed E-state index contributed by atoms with van der Waals surface area (Å²) in [5.41, 5.74) is 0. The highest BCUT2D eigenvalue weighted by Gasteiger charge is 2.19. The van der Waals surface area contributed by atoms with Crippen molar-refractivity contribution >= 4 is 17.9 Å². The van der Waals surface area contributed by atoms with E-state index in [1.54, 1.807) is 0 Å². The molecule has 6 nitrogen and oxygen atoms in total. The maximum absolute atomic E-state index is 12.8. The van der Waals surface area contributed by atoms with Crippen molar-refractivity contribution in [3.63, 3.8) is 0 Å². The molecule has 0 fully saturated rings. The zero-order chi connectivity index (χ0) is 47.9. The number of esters is 3. The Bertz CT molecular complexity index is 1240. The van der Waals surface area contributed by atoms with Gasteiger partial charge in [-0.3, -0.25) is 14.4 Å². The third-order valence-electron chi connectivity index (χ3n) is 11.9. The molecule has 1 atom stereocenters. The van der Waals surface area contributed by atoms with Gasteiger partial charge >= 0.3 is 17.9 Å². The van der Waals surface area contributed by atoms with Crippen LogP contribution in [0.1, 0.15) is 271 Å². The minimum atomic E-state index is -0.806. The van der Waals surface area contributed by atoms with Gasteiger partial charge in [0.15, 0.2) is 6.10 Å². The van der Waals surface area contributed by atoms with Crippen molar-refractivity contribution in [2.75, 3.05) is 13.2 Å². The Kier molecular flexibility index (Phi) is 51.9. The molecule has 0 rings (SSSR count). The molecule has 66 heavy (non-hydrogen) atoms. The van der Waals surface area contributed by atoms with Crippen LogP contribution in [0.15, 0.2) is 72.9 Å². The van der Waals surface area contributed by atoms with Crippen molar-refractivity contribution in [2.45, 2.75) is 277 Å². The molecule has 0 radical (unpaired) electrons. The summed E-state index contributed by atoms with van der Waals surface area (Å²) in [7, 11) is 0.